The zero-order valence-electron chi connectivity index (χ0n) is 21.5. The van der Waals surface area contributed by atoms with Crippen LogP contribution < -0.4 is 9.47 Å². The fraction of sp³-hybridized carbons (Fsp3) is 0.583. The van der Waals surface area contributed by atoms with Crippen LogP contribution in [0.5, 0.6) is 11.5 Å². The number of methoxy groups -OCH3 is 2. The lowest BCUT2D eigenvalue weighted by Crippen LogP contribution is -2.65. The fourth-order valence-electron chi connectivity index (χ4n) is 4.55. The summed E-state index contributed by atoms with van der Waals surface area (Å²) in [6.45, 7) is 12.4. The van der Waals surface area contributed by atoms with Crippen molar-refractivity contribution in [3.63, 3.8) is 0 Å². The fourth-order valence-corrected chi connectivity index (χ4v) is 7.26. The van der Waals surface area contributed by atoms with Gasteiger partial charge in [0.15, 0.2) is 35.7 Å². The lowest BCUT2D eigenvalue weighted by Gasteiger charge is -2.49. The predicted octanol–water partition coefficient (Wildman–Crippen LogP) is 3.46. The van der Waals surface area contributed by atoms with E-state index >= 15 is 0 Å². The van der Waals surface area contributed by atoms with Crippen LogP contribution in [0.1, 0.15) is 34.1 Å². The molecule has 2 fully saturated rings. The highest BCUT2D eigenvalue weighted by Gasteiger charge is 2.60. The Morgan fingerprint density at radius 1 is 1.20 bits per heavy atom. The van der Waals surface area contributed by atoms with Crippen molar-refractivity contribution in [1.29, 1.82) is 0 Å². The van der Waals surface area contributed by atoms with Crippen LogP contribution in [0.25, 0.3) is 0 Å². The molecule has 194 valence electrons. The van der Waals surface area contributed by atoms with Crippen LogP contribution in [0.3, 0.4) is 0 Å². The molecule has 0 saturated carbocycles. The number of carboxylic acid groups (broad SMARTS) is 1. The number of fused-ring (bicyclic) bond motifs is 1. The minimum atomic E-state index is -4.01. The maximum Gasteiger partial charge on any atom is 0.330 e. The number of amides is 1. The van der Waals surface area contributed by atoms with Crippen LogP contribution in [0.4, 0.5) is 0 Å². The zero-order valence-corrected chi connectivity index (χ0v) is 23.3. The highest BCUT2D eigenvalue weighted by atomic mass is 32.2. The standard InChI is InChI=1S/C24H35NO8SSi/c1-14(33-35(7,8)24(2,3)4)20-17-11-15(21(23(27)28)25(17)22(20)26)13-34(29,30)16-9-10-18(31-5)19(12-16)32-6/h9-10,12-14,17,20-21H,11H2,1-8H3,(H,27,28)/b15-13+/t14-,17-,20+,21?/m1/s1. The third-order valence-electron chi connectivity index (χ3n) is 7.40. The maximum atomic E-state index is 13.2. The van der Waals surface area contributed by atoms with Gasteiger partial charge in [-0.3, -0.25) is 4.79 Å². The number of nitrogens with zero attached hydrogens (tertiary/aromatic N) is 1. The van der Waals surface area contributed by atoms with Gasteiger partial charge in [0.05, 0.1) is 37.2 Å². The molecule has 9 nitrogen and oxygen atoms in total. The Morgan fingerprint density at radius 3 is 2.31 bits per heavy atom. The van der Waals surface area contributed by atoms with Gasteiger partial charge >= 0.3 is 5.97 Å². The summed E-state index contributed by atoms with van der Waals surface area (Å²) in [6.07, 6.45) is -0.244. The largest absolute Gasteiger partial charge is 0.493 e. The molecular formula is C24H35NO8SSi. The molecular weight excluding hydrogens is 490 g/mol. The molecule has 2 aliphatic rings. The van der Waals surface area contributed by atoms with E-state index in [0.29, 0.717) is 5.75 Å². The lowest BCUT2D eigenvalue weighted by atomic mass is 9.84. The Bertz CT molecular complexity index is 1150. The van der Waals surface area contributed by atoms with Crippen LogP contribution in [0.2, 0.25) is 18.1 Å². The van der Waals surface area contributed by atoms with Crippen molar-refractivity contribution >= 4 is 30.0 Å². The number of aliphatic carboxylic acids is 1. The SMILES string of the molecule is COc1ccc(S(=O)(=O)/C=C2\C[C@@H]3[C@H]([C@@H](C)O[Si](C)(C)C(C)(C)C)C(=O)N3C2C(=O)O)cc1OC. The van der Waals surface area contributed by atoms with Gasteiger partial charge in [0.1, 0.15) is 0 Å². The Kier molecular flexibility index (Phi) is 7.19. The first kappa shape index (κ1) is 27.2. The van der Waals surface area contributed by atoms with Crippen LogP contribution in [0.15, 0.2) is 34.1 Å². The summed E-state index contributed by atoms with van der Waals surface area (Å²) in [5, 5.41) is 10.8. The number of ether oxygens (including phenoxy) is 2. The van der Waals surface area contributed by atoms with E-state index in [9.17, 15) is 23.1 Å². The Morgan fingerprint density at radius 2 is 1.80 bits per heavy atom. The second-order valence-electron chi connectivity index (χ2n) is 10.6. The molecule has 1 N–H and O–H groups in total. The van der Waals surface area contributed by atoms with Crippen LogP contribution in [-0.2, 0) is 23.9 Å². The number of hydrogen-bond acceptors (Lipinski definition) is 7. The molecule has 3 rings (SSSR count). The van der Waals surface area contributed by atoms with Crippen molar-refractivity contribution in [3.8, 4) is 11.5 Å². The predicted molar refractivity (Wildman–Crippen MR) is 133 cm³/mol. The summed E-state index contributed by atoms with van der Waals surface area (Å²) in [5.41, 5.74) is 0.174. The van der Waals surface area contributed by atoms with E-state index in [4.69, 9.17) is 13.9 Å². The summed E-state index contributed by atoms with van der Waals surface area (Å²) in [5.74, 6) is -1.48. The van der Waals surface area contributed by atoms with Gasteiger partial charge in [-0.15, -0.1) is 0 Å². The van der Waals surface area contributed by atoms with Gasteiger partial charge < -0.3 is 23.9 Å². The minimum absolute atomic E-state index is 0.0500. The van der Waals surface area contributed by atoms with Crippen molar-refractivity contribution in [2.75, 3.05) is 14.2 Å². The minimum Gasteiger partial charge on any atom is -0.493 e. The number of rotatable bonds is 8. The smallest absolute Gasteiger partial charge is 0.330 e. The molecule has 1 aromatic rings. The van der Waals surface area contributed by atoms with Crippen LogP contribution in [0, 0.1) is 5.92 Å². The second kappa shape index (κ2) is 9.25. The number of carboxylic acids is 1. The normalized spacial score (nSPS) is 24.7. The molecule has 0 radical (unpaired) electrons. The molecule has 11 heteroatoms. The van der Waals surface area contributed by atoms with Crippen molar-refractivity contribution < 1.29 is 37.0 Å². The van der Waals surface area contributed by atoms with E-state index < -0.39 is 48.2 Å². The number of benzene rings is 1. The first-order valence-electron chi connectivity index (χ1n) is 11.5. The van der Waals surface area contributed by atoms with Crippen molar-refractivity contribution in [3.05, 3.63) is 29.2 Å². The molecule has 0 aromatic heterocycles. The molecule has 0 spiro atoms. The highest BCUT2D eigenvalue weighted by Crippen LogP contribution is 2.47. The van der Waals surface area contributed by atoms with Gasteiger partial charge in [-0.05, 0) is 49.2 Å². The highest BCUT2D eigenvalue weighted by molar-refractivity contribution is 7.94. The number of carbonyl (C=O) groups excluding carboxylic acids is 1. The Labute approximate surface area is 208 Å². The number of hydrogen-bond donors (Lipinski definition) is 1. The molecule has 0 bridgehead atoms. The number of carbonyl (C=O) groups is 2. The van der Waals surface area contributed by atoms with Crippen molar-refractivity contribution in [2.45, 2.75) is 75.3 Å². The molecule has 1 amide bonds. The Balaban J connectivity index is 1.92. The number of sulfone groups is 1. The van der Waals surface area contributed by atoms with Crippen LogP contribution >= 0.6 is 0 Å². The summed E-state index contributed by atoms with van der Waals surface area (Å²) in [6, 6.07) is 2.43. The molecule has 4 atom stereocenters. The Hall–Kier alpha value is -2.37. The summed E-state index contributed by atoms with van der Waals surface area (Å²) in [4.78, 5) is 26.4. The van der Waals surface area contributed by atoms with Crippen LogP contribution in [-0.4, -0.2) is 71.0 Å². The van der Waals surface area contributed by atoms with Gasteiger partial charge in [-0.2, -0.15) is 0 Å². The molecule has 2 aliphatic heterocycles. The quantitative estimate of drug-likeness (QED) is 0.405. The van der Waals surface area contributed by atoms with E-state index in [1.165, 1.54) is 37.3 Å². The van der Waals surface area contributed by atoms with Gasteiger partial charge in [-0.25, -0.2) is 13.2 Å². The van der Waals surface area contributed by atoms with Crippen molar-refractivity contribution in [2.24, 2.45) is 5.92 Å². The molecule has 0 aliphatic carbocycles. The van der Waals surface area contributed by atoms with Gasteiger partial charge in [0, 0.05) is 11.5 Å². The van der Waals surface area contributed by atoms with E-state index in [1.807, 2.05) is 6.92 Å². The van der Waals surface area contributed by atoms with Gasteiger partial charge in [-0.1, -0.05) is 20.8 Å². The first-order chi connectivity index (χ1) is 16.1. The maximum absolute atomic E-state index is 13.2. The summed E-state index contributed by atoms with van der Waals surface area (Å²) in [7, 11) is -3.34. The van der Waals surface area contributed by atoms with E-state index in [2.05, 4.69) is 33.9 Å². The van der Waals surface area contributed by atoms with E-state index in [0.717, 1.165) is 5.41 Å². The van der Waals surface area contributed by atoms with E-state index in [1.54, 1.807) is 0 Å². The molecule has 2 saturated heterocycles. The van der Waals surface area contributed by atoms with Gasteiger partial charge in [0.25, 0.3) is 0 Å². The third-order valence-corrected chi connectivity index (χ3v) is 13.5. The van der Waals surface area contributed by atoms with Crippen molar-refractivity contribution in [1.82, 2.24) is 4.90 Å². The van der Waals surface area contributed by atoms with Gasteiger partial charge in [0.2, 0.25) is 5.91 Å². The molecule has 1 unspecified atom stereocenters. The summed E-state index contributed by atoms with van der Waals surface area (Å²) >= 11 is 0. The number of β-lactam (4-membered cyclic amide) rings is 1. The monoisotopic (exact) mass is 525 g/mol. The van der Waals surface area contributed by atoms with E-state index in [-0.39, 0.29) is 33.6 Å². The average Bonchev–Trinajstić information content (AvgIpc) is 3.05. The summed E-state index contributed by atoms with van der Waals surface area (Å²) < 4.78 is 43.1. The second-order valence-corrected chi connectivity index (χ2v) is 17.2. The molecule has 2 heterocycles. The molecule has 1 aromatic carbocycles. The third kappa shape index (κ3) is 4.85. The lowest BCUT2D eigenvalue weighted by molar-refractivity contribution is -0.168. The average molecular weight is 526 g/mol. The topological polar surface area (TPSA) is 119 Å². The molecule has 35 heavy (non-hydrogen) atoms. The zero-order chi connectivity index (χ0) is 26.5. The first-order valence-corrected chi connectivity index (χ1v) is 15.9.